The van der Waals surface area contributed by atoms with E-state index in [1.807, 2.05) is 31.2 Å². The Balaban J connectivity index is 2.71. The molecule has 2 nitrogen and oxygen atoms in total. The van der Waals surface area contributed by atoms with Crippen LogP contribution in [0.15, 0.2) is 30.8 Å². The van der Waals surface area contributed by atoms with Crippen LogP contribution in [0.25, 0.3) is 6.08 Å². The Bertz CT molecular complexity index is 293. The van der Waals surface area contributed by atoms with Gasteiger partial charge in [0.05, 0.1) is 0 Å². The molecule has 1 unspecified atom stereocenters. The zero-order chi connectivity index (χ0) is 10.6. The predicted molar refractivity (Wildman–Crippen MR) is 59.9 cm³/mol. The lowest BCUT2D eigenvalue weighted by molar-refractivity contribution is 0.400. The van der Waals surface area contributed by atoms with Gasteiger partial charge in [0.15, 0.2) is 0 Å². The van der Waals surface area contributed by atoms with Crippen LogP contribution in [0.1, 0.15) is 24.0 Å². The van der Waals surface area contributed by atoms with Crippen LogP contribution in [-0.2, 0) is 0 Å². The lowest BCUT2D eigenvalue weighted by atomic mass is 9.76. The van der Waals surface area contributed by atoms with Gasteiger partial charge in [-0.3, -0.25) is 0 Å². The van der Waals surface area contributed by atoms with Crippen molar-refractivity contribution in [3.8, 4) is 0 Å². The topological polar surface area (TPSA) is 40.5 Å². The van der Waals surface area contributed by atoms with Crippen molar-refractivity contribution in [3.63, 3.8) is 0 Å². The predicted octanol–water partition coefficient (Wildman–Crippen LogP) is 1.91. The van der Waals surface area contributed by atoms with Gasteiger partial charge in [0.1, 0.15) is 0 Å². The second-order valence-electron chi connectivity index (χ2n) is 3.49. The zero-order valence-electron chi connectivity index (χ0n) is 8.35. The van der Waals surface area contributed by atoms with Crippen LogP contribution >= 0.6 is 0 Å². The van der Waals surface area contributed by atoms with Crippen LogP contribution in [-0.4, -0.2) is 17.2 Å². The van der Waals surface area contributed by atoms with Gasteiger partial charge in [-0.2, -0.15) is 0 Å². The van der Waals surface area contributed by atoms with E-state index >= 15 is 0 Å². The van der Waals surface area contributed by atoms with Crippen LogP contribution in [0.2, 0.25) is 6.32 Å². The minimum absolute atomic E-state index is 0.161. The van der Waals surface area contributed by atoms with E-state index in [0.29, 0.717) is 6.32 Å². The quantitative estimate of drug-likeness (QED) is 0.712. The third-order valence-corrected chi connectivity index (χ3v) is 2.31. The lowest BCUT2D eigenvalue weighted by Crippen LogP contribution is -2.13. The first-order valence-electron chi connectivity index (χ1n) is 4.72. The molecule has 0 bridgehead atoms. The van der Waals surface area contributed by atoms with Gasteiger partial charge in [-0.05, 0) is 23.4 Å². The fraction of sp³-hybridized carbons (Fsp3) is 0.273. The molecule has 0 saturated heterocycles. The van der Waals surface area contributed by atoms with Gasteiger partial charge in [-0.1, -0.05) is 43.8 Å². The Hall–Kier alpha value is -1.06. The summed E-state index contributed by atoms with van der Waals surface area (Å²) in [6, 6.07) is 7.93. The fourth-order valence-electron chi connectivity index (χ4n) is 1.41. The number of hydrogen-bond donors (Lipinski definition) is 2. The maximum atomic E-state index is 8.82. The second-order valence-corrected chi connectivity index (χ2v) is 3.49. The molecular formula is C11H15BO2. The molecule has 0 aromatic heterocycles. The highest BCUT2D eigenvalue weighted by atomic mass is 16.4. The summed E-state index contributed by atoms with van der Waals surface area (Å²) in [5.41, 5.74) is 2.19. The first-order valence-corrected chi connectivity index (χ1v) is 4.72. The Morgan fingerprint density at radius 1 is 1.36 bits per heavy atom. The third-order valence-electron chi connectivity index (χ3n) is 2.31. The van der Waals surface area contributed by atoms with E-state index in [-0.39, 0.29) is 5.92 Å². The molecule has 1 atom stereocenters. The number of benzene rings is 1. The van der Waals surface area contributed by atoms with Crippen LogP contribution in [0.4, 0.5) is 0 Å². The molecule has 0 amide bonds. The van der Waals surface area contributed by atoms with Crippen LogP contribution < -0.4 is 0 Å². The minimum Gasteiger partial charge on any atom is -0.427 e. The molecule has 1 aromatic carbocycles. The van der Waals surface area contributed by atoms with Crippen molar-refractivity contribution < 1.29 is 10.0 Å². The van der Waals surface area contributed by atoms with Gasteiger partial charge in [0.2, 0.25) is 0 Å². The molecule has 2 N–H and O–H groups in total. The fourth-order valence-corrected chi connectivity index (χ4v) is 1.41. The summed E-state index contributed by atoms with van der Waals surface area (Å²) in [6.07, 6.45) is 2.16. The van der Waals surface area contributed by atoms with Crippen LogP contribution in [0.5, 0.6) is 0 Å². The molecule has 0 aliphatic rings. The highest BCUT2D eigenvalue weighted by molar-refractivity contribution is 6.41. The molecule has 0 radical (unpaired) electrons. The summed E-state index contributed by atoms with van der Waals surface area (Å²) in [6.45, 7) is 5.65. The van der Waals surface area contributed by atoms with Gasteiger partial charge >= 0.3 is 7.12 Å². The summed E-state index contributed by atoms with van der Waals surface area (Å²) in [4.78, 5) is 0. The maximum Gasteiger partial charge on any atom is 0.452 e. The van der Waals surface area contributed by atoms with Gasteiger partial charge in [-0.15, -0.1) is 0 Å². The molecule has 0 heterocycles. The molecule has 14 heavy (non-hydrogen) atoms. The summed E-state index contributed by atoms with van der Waals surface area (Å²) in [5, 5.41) is 17.6. The average molecular weight is 190 g/mol. The molecule has 3 heteroatoms. The first kappa shape index (κ1) is 11.0. The lowest BCUT2D eigenvalue weighted by Gasteiger charge is -2.10. The molecule has 1 rings (SSSR count). The van der Waals surface area contributed by atoms with Crippen LogP contribution in [0.3, 0.4) is 0 Å². The average Bonchev–Trinajstić information content (AvgIpc) is 2.17. The zero-order valence-corrected chi connectivity index (χ0v) is 8.35. The van der Waals surface area contributed by atoms with E-state index in [1.54, 1.807) is 6.08 Å². The Labute approximate surface area is 85.0 Å². The number of hydrogen-bond acceptors (Lipinski definition) is 2. The summed E-state index contributed by atoms with van der Waals surface area (Å²) in [7, 11) is -1.23. The van der Waals surface area contributed by atoms with E-state index in [4.69, 9.17) is 10.0 Å². The standard InChI is InChI=1S/C11H15BO2/c1-3-10-4-6-11(7-5-10)9(2)8-12(13)14/h3-7,9,13-14H,1,8H2,2H3. The van der Waals surface area contributed by atoms with Crippen molar-refractivity contribution >= 4 is 13.2 Å². The van der Waals surface area contributed by atoms with Gasteiger partial charge in [-0.25, -0.2) is 0 Å². The van der Waals surface area contributed by atoms with Crippen molar-refractivity contribution in [1.82, 2.24) is 0 Å². The monoisotopic (exact) mass is 190 g/mol. The normalized spacial score (nSPS) is 12.2. The van der Waals surface area contributed by atoms with Crippen molar-refractivity contribution in [2.24, 2.45) is 0 Å². The smallest absolute Gasteiger partial charge is 0.427 e. The van der Waals surface area contributed by atoms with Crippen molar-refractivity contribution in [1.29, 1.82) is 0 Å². The minimum atomic E-state index is -1.23. The largest absolute Gasteiger partial charge is 0.452 e. The van der Waals surface area contributed by atoms with Gasteiger partial charge in [0.25, 0.3) is 0 Å². The Morgan fingerprint density at radius 2 is 1.93 bits per heavy atom. The molecule has 0 fully saturated rings. The molecule has 74 valence electrons. The Kier molecular flexibility index (Phi) is 3.92. The van der Waals surface area contributed by atoms with Gasteiger partial charge in [0, 0.05) is 0 Å². The van der Waals surface area contributed by atoms with Crippen molar-refractivity contribution in [2.45, 2.75) is 19.2 Å². The van der Waals surface area contributed by atoms with Crippen molar-refractivity contribution in [3.05, 3.63) is 42.0 Å². The van der Waals surface area contributed by atoms with Crippen LogP contribution in [0, 0.1) is 0 Å². The Morgan fingerprint density at radius 3 is 2.36 bits per heavy atom. The molecule has 0 aliphatic heterocycles. The van der Waals surface area contributed by atoms with E-state index in [0.717, 1.165) is 11.1 Å². The van der Waals surface area contributed by atoms with Crippen molar-refractivity contribution in [2.75, 3.05) is 0 Å². The SMILES string of the molecule is C=Cc1ccc(C(C)CB(O)O)cc1. The van der Waals surface area contributed by atoms with E-state index < -0.39 is 7.12 Å². The van der Waals surface area contributed by atoms with E-state index in [9.17, 15) is 0 Å². The maximum absolute atomic E-state index is 8.82. The number of rotatable bonds is 4. The molecule has 0 spiro atoms. The first-order chi connectivity index (χ1) is 6.63. The van der Waals surface area contributed by atoms with Gasteiger partial charge < -0.3 is 10.0 Å². The van der Waals surface area contributed by atoms with E-state index in [1.165, 1.54) is 0 Å². The molecule has 0 saturated carbocycles. The summed E-state index contributed by atoms with van der Waals surface area (Å²) < 4.78 is 0. The molecule has 1 aromatic rings. The molecular weight excluding hydrogens is 175 g/mol. The summed E-state index contributed by atoms with van der Waals surface area (Å²) in [5.74, 6) is 0.161. The summed E-state index contributed by atoms with van der Waals surface area (Å²) >= 11 is 0. The highest BCUT2D eigenvalue weighted by Gasteiger charge is 2.14. The van der Waals surface area contributed by atoms with E-state index in [2.05, 4.69) is 6.58 Å². The third kappa shape index (κ3) is 3.02. The molecule has 0 aliphatic carbocycles. The highest BCUT2D eigenvalue weighted by Crippen LogP contribution is 2.20. The second kappa shape index (κ2) is 4.98.